The van der Waals surface area contributed by atoms with Gasteiger partial charge in [0.1, 0.15) is 0 Å². The van der Waals surface area contributed by atoms with Gasteiger partial charge < -0.3 is 5.32 Å². The Hall–Kier alpha value is -2.33. The van der Waals surface area contributed by atoms with Crippen LogP contribution in [0.5, 0.6) is 0 Å². The first-order valence-corrected chi connectivity index (χ1v) is 7.47. The molecule has 2 rings (SSSR count). The molecule has 0 unspecified atom stereocenters. The van der Waals surface area contributed by atoms with Crippen LogP contribution in [0.2, 0.25) is 5.02 Å². The van der Waals surface area contributed by atoms with Gasteiger partial charge in [-0.3, -0.25) is 4.79 Å². The van der Waals surface area contributed by atoms with Gasteiger partial charge in [-0.25, -0.2) is 5.43 Å². The van der Waals surface area contributed by atoms with E-state index in [1.807, 2.05) is 55.5 Å². The Balaban J connectivity index is 1.92. The van der Waals surface area contributed by atoms with Gasteiger partial charge in [0.15, 0.2) is 0 Å². The summed E-state index contributed by atoms with van der Waals surface area (Å²) < 4.78 is 0. The van der Waals surface area contributed by atoms with Crippen molar-refractivity contribution >= 4 is 28.9 Å². The Labute approximate surface area is 135 Å². The fourth-order valence-electron chi connectivity index (χ4n) is 1.92. The smallest absolute Gasteiger partial charge is 0.259 e. The first-order chi connectivity index (χ1) is 10.7. The lowest BCUT2D eigenvalue weighted by Crippen LogP contribution is -2.27. The third-order valence-corrected chi connectivity index (χ3v) is 3.27. The van der Waals surface area contributed by atoms with Gasteiger partial charge in [0.2, 0.25) is 0 Å². The highest BCUT2D eigenvalue weighted by molar-refractivity contribution is 6.31. The maximum Gasteiger partial charge on any atom is 0.259 e. The lowest BCUT2D eigenvalue weighted by atomic mass is 10.1. The predicted molar refractivity (Wildman–Crippen MR) is 91.4 cm³/mol. The highest BCUT2D eigenvalue weighted by atomic mass is 35.5. The van der Waals surface area contributed by atoms with E-state index >= 15 is 0 Å². The highest BCUT2D eigenvalue weighted by Crippen LogP contribution is 2.12. The summed E-state index contributed by atoms with van der Waals surface area (Å²) in [5.41, 5.74) is 5.16. The molecule has 0 heterocycles. The van der Waals surface area contributed by atoms with Crippen molar-refractivity contribution in [2.75, 3.05) is 11.9 Å². The van der Waals surface area contributed by atoms with Crippen LogP contribution in [0.4, 0.5) is 5.69 Å². The van der Waals surface area contributed by atoms with Crippen LogP contribution in [0, 0.1) is 0 Å². The zero-order chi connectivity index (χ0) is 15.8. The summed E-state index contributed by atoms with van der Waals surface area (Å²) in [6.45, 7) is 2.15. The fourth-order valence-corrected chi connectivity index (χ4v) is 2.11. The van der Waals surface area contributed by atoms with Gasteiger partial charge in [-0.05, 0) is 36.2 Å². The second-order valence-electron chi connectivity index (χ2n) is 4.68. The lowest BCUT2D eigenvalue weighted by Gasteiger charge is -2.07. The molecule has 0 bridgehead atoms. The summed E-state index contributed by atoms with van der Waals surface area (Å²) in [6, 6.07) is 17.0. The Morgan fingerprint density at radius 3 is 2.59 bits per heavy atom. The number of amides is 1. The minimum Gasteiger partial charge on any atom is -0.376 e. The maximum atomic E-state index is 11.8. The zero-order valence-corrected chi connectivity index (χ0v) is 13.1. The van der Waals surface area contributed by atoms with Crippen molar-refractivity contribution in [3.8, 4) is 0 Å². The topological polar surface area (TPSA) is 53.5 Å². The van der Waals surface area contributed by atoms with Crippen LogP contribution in [-0.4, -0.2) is 18.2 Å². The van der Waals surface area contributed by atoms with Crippen molar-refractivity contribution in [1.29, 1.82) is 0 Å². The van der Waals surface area contributed by atoms with Crippen LogP contribution >= 0.6 is 11.6 Å². The average molecular weight is 316 g/mol. The quantitative estimate of drug-likeness (QED) is 0.631. The van der Waals surface area contributed by atoms with Crippen LogP contribution in [0.1, 0.15) is 18.9 Å². The average Bonchev–Trinajstić information content (AvgIpc) is 2.54. The molecule has 0 saturated heterocycles. The summed E-state index contributed by atoms with van der Waals surface area (Å²) in [7, 11) is 0. The van der Waals surface area contributed by atoms with Crippen molar-refractivity contribution in [1.82, 2.24) is 5.43 Å². The minimum absolute atomic E-state index is 0.167. The monoisotopic (exact) mass is 315 g/mol. The predicted octanol–water partition coefficient (Wildman–Crippen LogP) is 3.68. The standard InChI is InChI=1S/C17H18ClN3O/c1-2-16(13-7-6-8-14(18)11-13)20-21-17(22)12-19-15-9-4-3-5-10-15/h3-11,19H,2,12H2,1H3,(H,21,22)/b20-16+. The van der Waals surface area contributed by atoms with Crippen molar-refractivity contribution in [3.05, 3.63) is 65.2 Å². The number of nitrogens with one attached hydrogen (secondary N) is 2. The normalized spacial score (nSPS) is 11.1. The van der Waals surface area contributed by atoms with E-state index < -0.39 is 0 Å². The molecule has 0 radical (unpaired) electrons. The van der Waals surface area contributed by atoms with Crippen molar-refractivity contribution in [2.24, 2.45) is 5.10 Å². The minimum atomic E-state index is -0.197. The summed E-state index contributed by atoms with van der Waals surface area (Å²) in [5.74, 6) is -0.197. The van der Waals surface area contributed by atoms with E-state index in [9.17, 15) is 4.79 Å². The van der Waals surface area contributed by atoms with Crippen LogP contribution in [0.3, 0.4) is 0 Å². The molecule has 0 spiro atoms. The van der Waals surface area contributed by atoms with E-state index in [4.69, 9.17) is 11.6 Å². The molecular weight excluding hydrogens is 298 g/mol. The molecule has 5 heteroatoms. The number of benzene rings is 2. The number of carbonyl (C=O) groups excluding carboxylic acids is 1. The third kappa shape index (κ3) is 4.90. The molecule has 1 amide bonds. The molecule has 2 N–H and O–H groups in total. The van der Waals surface area contributed by atoms with Crippen molar-refractivity contribution < 1.29 is 4.79 Å². The Morgan fingerprint density at radius 2 is 1.91 bits per heavy atom. The number of hydrogen-bond donors (Lipinski definition) is 2. The molecule has 22 heavy (non-hydrogen) atoms. The molecule has 0 saturated carbocycles. The number of hydrazone groups is 1. The Kier molecular flexibility index (Phi) is 5.98. The lowest BCUT2D eigenvalue weighted by molar-refractivity contribution is -0.119. The van der Waals surface area contributed by atoms with Crippen LogP contribution in [0.25, 0.3) is 0 Å². The molecule has 0 aliphatic rings. The highest BCUT2D eigenvalue weighted by Gasteiger charge is 2.04. The molecule has 114 valence electrons. The molecule has 2 aromatic carbocycles. The first-order valence-electron chi connectivity index (χ1n) is 7.09. The van der Waals surface area contributed by atoms with Gasteiger partial charge in [-0.2, -0.15) is 5.10 Å². The Morgan fingerprint density at radius 1 is 1.14 bits per heavy atom. The number of hydrogen-bond acceptors (Lipinski definition) is 3. The van der Waals surface area contributed by atoms with E-state index in [2.05, 4.69) is 15.8 Å². The van der Waals surface area contributed by atoms with Crippen LogP contribution < -0.4 is 10.7 Å². The van der Waals surface area contributed by atoms with E-state index in [1.54, 1.807) is 6.07 Å². The van der Waals surface area contributed by atoms with Gasteiger partial charge in [0.05, 0.1) is 12.3 Å². The van der Waals surface area contributed by atoms with Gasteiger partial charge in [0, 0.05) is 10.7 Å². The van der Waals surface area contributed by atoms with Gasteiger partial charge >= 0.3 is 0 Å². The van der Waals surface area contributed by atoms with Crippen LogP contribution in [-0.2, 0) is 4.79 Å². The molecule has 4 nitrogen and oxygen atoms in total. The number of halogens is 1. The Bertz CT molecular complexity index is 656. The molecule has 0 atom stereocenters. The van der Waals surface area contributed by atoms with E-state index in [-0.39, 0.29) is 12.5 Å². The first kappa shape index (κ1) is 16.0. The number of anilines is 1. The van der Waals surface area contributed by atoms with Crippen molar-refractivity contribution in [2.45, 2.75) is 13.3 Å². The van der Waals surface area contributed by atoms with E-state index in [0.717, 1.165) is 17.0 Å². The summed E-state index contributed by atoms with van der Waals surface area (Å²) in [5, 5.41) is 7.87. The molecule has 0 aliphatic carbocycles. The van der Waals surface area contributed by atoms with Gasteiger partial charge in [-0.1, -0.05) is 48.9 Å². The van der Waals surface area contributed by atoms with Crippen LogP contribution in [0.15, 0.2) is 59.7 Å². The molecule has 0 fully saturated rings. The van der Waals surface area contributed by atoms with Gasteiger partial charge in [0.25, 0.3) is 5.91 Å². The molecule has 0 aliphatic heterocycles. The summed E-state index contributed by atoms with van der Waals surface area (Å²) in [4.78, 5) is 11.8. The second kappa shape index (κ2) is 8.20. The summed E-state index contributed by atoms with van der Waals surface area (Å²) >= 11 is 5.97. The summed E-state index contributed by atoms with van der Waals surface area (Å²) in [6.07, 6.45) is 0.701. The molecule has 0 aromatic heterocycles. The van der Waals surface area contributed by atoms with E-state index in [0.29, 0.717) is 11.4 Å². The van der Waals surface area contributed by atoms with Crippen molar-refractivity contribution in [3.63, 3.8) is 0 Å². The number of nitrogens with zero attached hydrogens (tertiary/aromatic N) is 1. The second-order valence-corrected chi connectivity index (χ2v) is 5.11. The number of rotatable bonds is 6. The molecule has 2 aromatic rings. The SMILES string of the molecule is CC/C(=N\NC(=O)CNc1ccccc1)c1cccc(Cl)c1. The largest absolute Gasteiger partial charge is 0.376 e. The fraction of sp³-hybridized carbons (Fsp3) is 0.176. The number of carbonyl (C=O) groups is 1. The maximum absolute atomic E-state index is 11.8. The van der Waals surface area contributed by atoms with E-state index in [1.165, 1.54) is 0 Å². The third-order valence-electron chi connectivity index (χ3n) is 3.04. The van der Waals surface area contributed by atoms with Gasteiger partial charge in [-0.15, -0.1) is 0 Å². The zero-order valence-electron chi connectivity index (χ0n) is 12.3. The number of para-hydroxylation sites is 1. The molecular formula is C17H18ClN3O.